The topological polar surface area (TPSA) is 75.7 Å². The average Bonchev–Trinajstić information content (AvgIpc) is 2.67. The molecule has 0 bridgehead atoms. The second-order valence-electron chi connectivity index (χ2n) is 5.55. The van der Waals surface area contributed by atoms with Crippen LogP contribution in [-0.2, 0) is 4.79 Å². The molecule has 1 N–H and O–H groups in total. The van der Waals surface area contributed by atoms with Gasteiger partial charge in [0.1, 0.15) is 5.75 Å². The number of nitrogens with one attached hydrogen (secondary N) is 1. The Morgan fingerprint density at radius 2 is 1.81 bits per heavy atom. The summed E-state index contributed by atoms with van der Waals surface area (Å²) in [7, 11) is 0. The molecule has 0 unspecified atom stereocenters. The van der Waals surface area contributed by atoms with Gasteiger partial charge in [-0.25, -0.2) is 0 Å². The van der Waals surface area contributed by atoms with E-state index in [1.54, 1.807) is 53.4 Å². The summed E-state index contributed by atoms with van der Waals surface area (Å²) in [6.07, 6.45) is 0.676. The van der Waals surface area contributed by atoms with E-state index in [1.165, 1.54) is 0 Å². The molecular weight excluding hydrogens is 332 g/mol. The average molecular weight is 354 g/mol. The number of rotatable bonds is 8. The molecule has 26 heavy (non-hydrogen) atoms. The zero-order valence-electron chi connectivity index (χ0n) is 14.9. The Kier molecular flexibility index (Phi) is 6.91. The summed E-state index contributed by atoms with van der Waals surface area (Å²) in [6, 6.07) is 13.5. The minimum atomic E-state index is -0.377. The lowest BCUT2D eigenvalue weighted by Crippen LogP contribution is -2.30. The molecule has 2 aromatic rings. The number of amides is 2. The van der Waals surface area contributed by atoms with Gasteiger partial charge in [0, 0.05) is 24.3 Å². The molecule has 0 aliphatic rings. The van der Waals surface area contributed by atoms with Gasteiger partial charge < -0.3 is 15.0 Å². The van der Waals surface area contributed by atoms with Crippen LogP contribution in [0.1, 0.15) is 34.6 Å². The lowest BCUT2D eigenvalue weighted by Gasteiger charge is -2.19. The normalized spacial score (nSPS) is 10.1. The van der Waals surface area contributed by atoms with Crippen molar-refractivity contribution in [3.05, 3.63) is 59.7 Å². The Morgan fingerprint density at radius 3 is 2.50 bits per heavy atom. The Morgan fingerprint density at radius 1 is 1.08 bits per heavy atom. The Hall–Kier alpha value is -3.15. The maximum Gasteiger partial charge on any atom is 0.262 e. The molecule has 6 nitrogen and oxygen atoms in total. The van der Waals surface area contributed by atoms with E-state index in [-0.39, 0.29) is 18.4 Å². The lowest BCUT2D eigenvalue weighted by atomic mass is 10.1. The Bertz CT molecular complexity index is 785. The lowest BCUT2D eigenvalue weighted by molar-refractivity contribution is -0.118. The summed E-state index contributed by atoms with van der Waals surface area (Å²) in [5.41, 5.74) is 1.41. The number of benzene rings is 2. The molecule has 0 aliphatic carbocycles. The van der Waals surface area contributed by atoms with Crippen molar-refractivity contribution in [2.75, 3.05) is 25.0 Å². The molecule has 6 heteroatoms. The van der Waals surface area contributed by atoms with E-state index in [0.29, 0.717) is 41.9 Å². The molecule has 2 amide bonds. The van der Waals surface area contributed by atoms with Crippen molar-refractivity contribution in [2.45, 2.75) is 13.8 Å². The summed E-state index contributed by atoms with van der Waals surface area (Å²) in [4.78, 5) is 37.1. The SMILES string of the molecule is CCN(CC)C(=O)c1cccc(NC(=O)COc2ccccc2C=O)c1. The summed E-state index contributed by atoms with van der Waals surface area (Å²) in [5, 5.41) is 2.70. The minimum Gasteiger partial charge on any atom is -0.483 e. The van der Waals surface area contributed by atoms with Crippen LogP contribution in [0, 0.1) is 0 Å². The number of anilines is 1. The van der Waals surface area contributed by atoms with E-state index in [4.69, 9.17) is 4.74 Å². The van der Waals surface area contributed by atoms with Crippen molar-refractivity contribution in [2.24, 2.45) is 0 Å². The van der Waals surface area contributed by atoms with E-state index < -0.39 is 0 Å². The number of aldehydes is 1. The molecule has 0 aromatic heterocycles. The standard InChI is InChI=1S/C20H22N2O4/c1-3-22(4-2)20(25)15-9-7-10-17(12-15)21-19(24)14-26-18-11-6-5-8-16(18)13-23/h5-13H,3-4,14H2,1-2H3,(H,21,24). The van der Waals surface area contributed by atoms with Crippen molar-refractivity contribution >= 4 is 23.8 Å². The fourth-order valence-electron chi connectivity index (χ4n) is 2.47. The maximum atomic E-state index is 12.4. The maximum absolute atomic E-state index is 12.4. The van der Waals surface area contributed by atoms with Crippen molar-refractivity contribution < 1.29 is 19.1 Å². The highest BCUT2D eigenvalue weighted by molar-refractivity contribution is 5.97. The first-order chi connectivity index (χ1) is 12.6. The van der Waals surface area contributed by atoms with Crippen LogP contribution in [-0.4, -0.2) is 42.7 Å². The molecule has 0 saturated carbocycles. The number of nitrogens with zero attached hydrogens (tertiary/aromatic N) is 1. The fourth-order valence-corrected chi connectivity index (χ4v) is 2.47. The first-order valence-corrected chi connectivity index (χ1v) is 8.45. The van der Waals surface area contributed by atoms with E-state index in [1.807, 2.05) is 13.8 Å². The monoisotopic (exact) mass is 354 g/mol. The smallest absolute Gasteiger partial charge is 0.262 e. The van der Waals surface area contributed by atoms with Crippen LogP contribution in [0.25, 0.3) is 0 Å². The molecule has 0 heterocycles. The van der Waals surface area contributed by atoms with E-state index in [0.717, 1.165) is 0 Å². The quantitative estimate of drug-likeness (QED) is 0.740. The first-order valence-electron chi connectivity index (χ1n) is 8.45. The van der Waals surface area contributed by atoms with Gasteiger partial charge >= 0.3 is 0 Å². The van der Waals surface area contributed by atoms with Gasteiger partial charge in [0.25, 0.3) is 11.8 Å². The van der Waals surface area contributed by atoms with Crippen LogP contribution in [0.5, 0.6) is 5.75 Å². The number of hydrogen-bond donors (Lipinski definition) is 1. The molecule has 0 atom stereocenters. The van der Waals surface area contributed by atoms with Gasteiger partial charge in [-0.15, -0.1) is 0 Å². The van der Waals surface area contributed by atoms with Gasteiger partial charge in [-0.2, -0.15) is 0 Å². The Labute approximate surface area is 152 Å². The molecule has 0 fully saturated rings. The van der Waals surface area contributed by atoms with E-state index in [9.17, 15) is 14.4 Å². The van der Waals surface area contributed by atoms with Crippen LogP contribution in [0.4, 0.5) is 5.69 Å². The molecule has 0 saturated heterocycles. The van der Waals surface area contributed by atoms with Gasteiger partial charge in [0.2, 0.25) is 0 Å². The fraction of sp³-hybridized carbons (Fsp3) is 0.250. The van der Waals surface area contributed by atoms with Crippen LogP contribution in [0.2, 0.25) is 0 Å². The van der Waals surface area contributed by atoms with E-state index in [2.05, 4.69) is 5.32 Å². The third-order valence-corrected chi connectivity index (χ3v) is 3.85. The number of hydrogen-bond acceptors (Lipinski definition) is 4. The van der Waals surface area contributed by atoms with Crippen molar-refractivity contribution in [1.29, 1.82) is 0 Å². The van der Waals surface area contributed by atoms with Gasteiger partial charge in [-0.3, -0.25) is 14.4 Å². The summed E-state index contributed by atoms with van der Waals surface area (Å²) < 4.78 is 5.39. The van der Waals surface area contributed by atoms with Crippen molar-refractivity contribution in [3.63, 3.8) is 0 Å². The third kappa shape index (κ3) is 4.92. The second-order valence-corrected chi connectivity index (χ2v) is 5.55. The summed E-state index contributed by atoms with van der Waals surface area (Å²) in [5.74, 6) is -0.108. The molecule has 2 aromatic carbocycles. The molecule has 0 aliphatic heterocycles. The zero-order chi connectivity index (χ0) is 18.9. The third-order valence-electron chi connectivity index (χ3n) is 3.85. The summed E-state index contributed by atoms with van der Waals surface area (Å²) >= 11 is 0. The highest BCUT2D eigenvalue weighted by atomic mass is 16.5. The minimum absolute atomic E-state index is 0.0812. The number of carbonyl (C=O) groups is 3. The van der Waals surface area contributed by atoms with Crippen LogP contribution >= 0.6 is 0 Å². The van der Waals surface area contributed by atoms with Crippen molar-refractivity contribution in [3.8, 4) is 5.75 Å². The first kappa shape index (κ1) is 19.2. The number of para-hydroxylation sites is 1. The predicted molar refractivity (Wildman–Crippen MR) is 99.6 cm³/mol. The molecular formula is C20H22N2O4. The molecule has 2 rings (SSSR count). The number of ether oxygens (including phenoxy) is 1. The molecule has 0 radical (unpaired) electrons. The van der Waals surface area contributed by atoms with Crippen LogP contribution in [0.15, 0.2) is 48.5 Å². The molecule has 136 valence electrons. The Balaban J connectivity index is 2.00. The van der Waals surface area contributed by atoms with Crippen LogP contribution < -0.4 is 10.1 Å². The summed E-state index contributed by atoms with van der Waals surface area (Å²) in [6.45, 7) is 4.84. The number of carbonyl (C=O) groups excluding carboxylic acids is 3. The highest BCUT2D eigenvalue weighted by Crippen LogP contribution is 2.16. The van der Waals surface area contributed by atoms with E-state index >= 15 is 0 Å². The van der Waals surface area contributed by atoms with Gasteiger partial charge in [0.15, 0.2) is 12.9 Å². The van der Waals surface area contributed by atoms with Gasteiger partial charge in [-0.1, -0.05) is 18.2 Å². The second kappa shape index (κ2) is 9.36. The highest BCUT2D eigenvalue weighted by Gasteiger charge is 2.13. The predicted octanol–water partition coefficient (Wildman–Crippen LogP) is 3.00. The van der Waals surface area contributed by atoms with Crippen LogP contribution in [0.3, 0.4) is 0 Å². The van der Waals surface area contributed by atoms with Gasteiger partial charge in [0.05, 0.1) is 5.56 Å². The van der Waals surface area contributed by atoms with Gasteiger partial charge in [-0.05, 0) is 44.2 Å². The zero-order valence-corrected chi connectivity index (χ0v) is 14.9. The van der Waals surface area contributed by atoms with Crippen molar-refractivity contribution in [1.82, 2.24) is 4.90 Å². The largest absolute Gasteiger partial charge is 0.483 e. The molecule has 0 spiro atoms.